The Labute approximate surface area is 117 Å². The van der Waals surface area contributed by atoms with Crippen molar-refractivity contribution in [2.45, 2.75) is 38.6 Å². The number of alkyl halides is 3. The van der Waals surface area contributed by atoms with Crippen molar-refractivity contribution >= 4 is 0 Å². The first-order chi connectivity index (χ1) is 9.31. The summed E-state index contributed by atoms with van der Waals surface area (Å²) in [6, 6.07) is 5.15. The van der Waals surface area contributed by atoms with Gasteiger partial charge in [0.25, 0.3) is 0 Å². The molecular weight excluding hydrogens is 269 g/mol. The van der Waals surface area contributed by atoms with Crippen LogP contribution in [-0.2, 0) is 17.3 Å². The molecule has 2 unspecified atom stereocenters. The summed E-state index contributed by atoms with van der Waals surface area (Å²) in [6.07, 6.45) is -4.47. The molecule has 3 nitrogen and oxygen atoms in total. The number of halogens is 3. The molecule has 0 aliphatic rings. The van der Waals surface area contributed by atoms with Crippen LogP contribution in [0, 0.1) is 5.92 Å². The lowest BCUT2D eigenvalue weighted by Gasteiger charge is -2.29. The fourth-order valence-corrected chi connectivity index (χ4v) is 2.38. The van der Waals surface area contributed by atoms with Gasteiger partial charge in [-0.3, -0.25) is 11.3 Å². The van der Waals surface area contributed by atoms with Crippen molar-refractivity contribution in [2.75, 3.05) is 7.11 Å². The third-order valence-electron chi connectivity index (χ3n) is 3.30. The molecule has 0 aromatic heterocycles. The normalized spacial score (nSPS) is 15.4. The van der Waals surface area contributed by atoms with Gasteiger partial charge in [0, 0.05) is 7.11 Å². The second kappa shape index (κ2) is 7.06. The van der Waals surface area contributed by atoms with Gasteiger partial charge in [-0.05, 0) is 24.0 Å². The number of hydrogen-bond acceptors (Lipinski definition) is 3. The Hall–Kier alpha value is -1.11. The third kappa shape index (κ3) is 4.19. The Morgan fingerprint density at radius 3 is 2.30 bits per heavy atom. The molecule has 0 amide bonds. The fourth-order valence-electron chi connectivity index (χ4n) is 2.38. The average Bonchev–Trinajstić information content (AvgIpc) is 2.37. The molecule has 0 aliphatic carbocycles. The van der Waals surface area contributed by atoms with Gasteiger partial charge in [0.1, 0.15) is 0 Å². The Morgan fingerprint density at radius 2 is 1.85 bits per heavy atom. The molecule has 0 spiro atoms. The number of rotatable bonds is 6. The number of hydrazine groups is 1. The van der Waals surface area contributed by atoms with Crippen LogP contribution in [-0.4, -0.2) is 19.3 Å². The van der Waals surface area contributed by atoms with Crippen molar-refractivity contribution < 1.29 is 17.9 Å². The fraction of sp³-hybridized carbons (Fsp3) is 0.571. The minimum absolute atomic E-state index is 0.138. The van der Waals surface area contributed by atoms with Crippen LogP contribution in [0.1, 0.15) is 25.0 Å². The predicted molar refractivity (Wildman–Crippen MR) is 71.9 cm³/mol. The molecule has 0 bridgehead atoms. The van der Waals surface area contributed by atoms with Gasteiger partial charge in [-0.2, -0.15) is 13.2 Å². The highest BCUT2D eigenvalue weighted by molar-refractivity contribution is 5.30. The van der Waals surface area contributed by atoms with E-state index in [-0.39, 0.29) is 30.0 Å². The van der Waals surface area contributed by atoms with Crippen LogP contribution in [0.4, 0.5) is 13.2 Å². The van der Waals surface area contributed by atoms with Gasteiger partial charge in [-0.15, -0.1) is 0 Å². The molecule has 1 rings (SSSR count). The van der Waals surface area contributed by atoms with E-state index in [1.165, 1.54) is 19.2 Å². The summed E-state index contributed by atoms with van der Waals surface area (Å²) < 4.78 is 44.2. The van der Waals surface area contributed by atoms with Crippen molar-refractivity contribution in [1.82, 2.24) is 5.43 Å². The smallest absolute Gasteiger partial charge is 0.380 e. The van der Waals surface area contributed by atoms with E-state index in [9.17, 15) is 13.2 Å². The summed E-state index contributed by atoms with van der Waals surface area (Å²) in [7, 11) is 1.53. The first-order valence-electron chi connectivity index (χ1n) is 6.45. The molecule has 0 heterocycles. The Bertz CT molecular complexity index is 421. The SMILES string of the molecule is COC(C(C)C)C(Cc1ccccc1C(F)(F)F)NN. The molecule has 0 saturated carbocycles. The minimum atomic E-state index is -4.36. The number of nitrogens with two attached hydrogens (primary N) is 1. The van der Waals surface area contributed by atoms with E-state index < -0.39 is 11.7 Å². The molecular formula is C14H21F3N2O. The highest BCUT2D eigenvalue weighted by Gasteiger charge is 2.34. The van der Waals surface area contributed by atoms with Gasteiger partial charge in [0.05, 0.1) is 17.7 Å². The van der Waals surface area contributed by atoms with E-state index in [1.807, 2.05) is 13.8 Å². The standard InChI is InChI=1S/C14H21F3N2O/c1-9(2)13(20-3)12(19-18)8-10-6-4-5-7-11(10)14(15,16)17/h4-7,9,12-13,19H,8,18H2,1-3H3. The van der Waals surface area contributed by atoms with E-state index in [1.54, 1.807) is 6.07 Å². The molecule has 2 atom stereocenters. The molecule has 0 saturated heterocycles. The highest BCUT2D eigenvalue weighted by atomic mass is 19.4. The maximum atomic E-state index is 13.0. The van der Waals surface area contributed by atoms with E-state index in [4.69, 9.17) is 10.6 Å². The lowest BCUT2D eigenvalue weighted by Crippen LogP contribution is -2.48. The van der Waals surface area contributed by atoms with Gasteiger partial charge >= 0.3 is 6.18 Å². The second-order valence-corrected chi connectivity index (χ2v) is 5.08. The monoisotopic (exact) mass is 290 g/mol. The van der Waals surface area contributed by atoms with Crippen molar-refractivity contribution in [3.63, 3.8) is 0 Å². The van der Waals surface area contributed by atoms with Crippen LogP contribution in [0.3, 0.4) is 0 Å². The van der Waals surface area contributed by atoms with Crippen LogP contribution in [0.2, 0.25) is 0 Å². The summed E-state index contributed by atoms with van der Waals surface area (Å²) >= 11 is 0. The molecule has 3 N–H and O–H groups in total. The van der Waals surface area contributed by atoms with Crippen molar-refractivity contribution in [3.8, 4) is 0 Å². The first kappa shape index (κ1) is 16.9. The van der Waals surface area contributed by atoms with E-state index >= 15 is 0 Å². The Kier molecular flexibility index (Phi) is 5.98. The Balaban J connectivity index is 3.02. The minimum Gasteiger partial charge on any atom is -0.380 e. The summed E-state index contributed by atoms with van der Waals surface area (Å²) in [5.41, 5.74) is 2.16. The second-order valence-electron chi connectivity index (χ2n) is 5.08. The maximum Gasteiger partial charge on any atom is 0.416 e. The first-order valence-corrected chi connectivity index (χ1v) is 6.45. The zero-order chi connectivity index (χ0) is 15.3. The molecule has 114 valence electrons. The van der Waals surface area contributed by atoms with Crippen LogP contribution in [0.25, 0.3) is 0 Å². The largest absolute Gasteiger partial charge is 0.416 e. The summed E-state index contributed by atoms with van der Waals surface area (Å²) in [5, 5.41) is 0. The number of hydrogen-bond donors (Lipinski definition) is 2. The zero-order valence-electron chi connectivity index (χ0n) is 11.9. The van der Waals surface area contributed by atoms with Crippen LogP contribution in [0.15, 0.2) is 24.3 Å². The summed E-state index contributed by atoms with van der Waals surface area (Å²) in [4.78, 5) is 0. The molecule has 1 aromatic carbocycles. The molecule has 6 heteroatoms. The summed E-state index contributed by atoms with van der Waals surface area (Å²) in [6.45, 7) is 3.88. The van der Waals surface area contributed by atoms with Crippen LogP contribution >= 0.6 is 0 Å². The molecule has 20 heavy (non-hydrogen) atoms. The molecule has 0 aliphatic heterocycles. The van der Waals surface area contributed by atoms with Crippen molar-refractivity contribution in [2.24, 2.45) is 11.8 Å². The van der Waals surface area contributed by atoms with E-state index in [0.29, 0.717) is 0 Å². The van der Waals surface area contributed by atoms with Gasteiger partial charge in [0.2, 0.25) is 0 Å². The molecule has 0 fully saturated rings. The average molecular weight is 290 g/mol. The number of methoxy groups -OCH3 is 1. The lowest BCUT2D eigenvalue weighted by atomic mass is 9.92. The zero-order valence-corrected chi connectivity index (χ0v) is 11.9. The van der Waals surface area contributed by atoms with Gasteiger partial charge in [0.15, 0.2) is 0 Å². The molecule has 0 radical (unpaired) electrons. The maximum absolute atomic E-state index is 13.0. The van der Waals surface area contributed by atoms with Gasteiger partial charge < -0.3 is 4.74 Å². The number of benzene rings is 1. The van der Waals surface area contributed by atoms with Crippen molar-refractivity contribution in [3.05, 3.63) is 35.4 Å². The third-order valence-corrected chi connectivity index (χ3v) is 3.30. The van der Waals surface area contributed by atoms with Gasteiger partial charge in [-0.1, -0.05) is 32.0 Å². The predicted octanol–water partition coefficient (Wildman–Crippen LogP) is 2.75. The van der Waals surface area contributed by atoms with Crippen molar-refractivity contribution in [1.29, 1.82) is 0 Å². The van der Waals surface area contributed by atoms with Crippen LogP contribution in [0.5, 0.6) is 0 Å². The molecule has 1 aromatic rings. The number of ether oxygens (including phenoxy) is 1. The summed E-state index contributed by atoms with van der Waals surface area (Å²) in [5.74, 6) is 5.62. The topological polar surface area (TPSA) is 47.3 Å². The number of nitrogens with one attached hydrogen (secondary N) is 1. The van der Waals surface area contributed by atoms with Crippen LogP contribution < -0.4 is 11.3 Å². The Morgan fingerprint density at radius 1 is 1.25 bits per heavy atom. The van der Waals surface area contributed by atoms with E-state index in [0.717, 1.165) is 6.07 Å². The highest BCUT2D eigenvalue weighted by Crippen LogP contribution is 2.32. The van der Waals surface area contributed by atoms with Gasteiger partial charge in [-0.25, -0.2) is 0 Å². The lowest BCUT2D eigenvalue weighted by molar-refractivity contribution is -0.138. The quantitative estimate of drug-likeness (QED) is 0.625. The van der Waals surface area contributed by atoms with E-state index in [2.05, 4.69) is 5.43 Å².